The summed E-state index contributed by atoms with van der Waals surface area (Å²) in [5, 5.41) is 3.42. The first-order chi connectivity index (χ1) is 12.5. The highest BCUT2D eigenvalue weighted by Crippen LogP contribution is 2.34. The average Bonchev–Trinajstić information content (AvgIpc) is 3.06. The van der Waals surface area contributed by atoms with Gasteiger partial charge in [-0.2, -0.15) is 4.98 Å². The number of nitrogens with one attached hydrogen (secondary N) is 1. The van der Waals surface area contributed by atoms with E-state index >= 15 is 0 Å². The van der Waals surface area contributed by atoms with Gasteiger partial charge in [0.15, 0.2) is 0 Å². The lowest BCUT2D eigenvalue weighted by Gasteiger charge is -2.23. The molecule has 0 fully saturated rings. The summed E-state index contributed by atoms with van der Waals surface area (Å²) >= 11 is 0. The van der Waals surface area contributed by atoms with E-state index < -0.39 is 0 Å². The summed E-state index contributed by atoms with van der Waals surface area (Å²) in [6, 6.07) is 18.9. The Morgan fingerprint density at radius 1 is 0.962 bits per heavy atom. The number of para-hydroxylation sites is 2. The SMILES string of the molecule is CC(C)(C)c1ccccc1Nc1nccc(N2CCc3ccccc32)n1. The van der Waals surface area contributed by atoms with Crippen LogP contribution in [0.2, 0.25) is 0 Å². The third-order valence-electron chi connectivity index (χ3n) is 4.79. The van der Waals surface area contributed by atoms with Gasteiger partial charge in [0.25, 0.3) is 0 Å². The second kappa shape index (κ2) is 6.45. The molecule has 0 atom stereocenters. The average molecular weight is 344 g/mol. The molecule has 0 amide bonds. The summed E-state index contributed by atoms with van der Waals surface area (Å²) in [6.07, 6.45) is 2.88. The zero-order chi connectivity index (χ0) is 18.1. The molecule has 26 heavy (non-hydrogen) atoms. The molecule has 2 aromatic carbocycles. The molecule has 3 aromatic rings. The van der Waals surface area contributed by atoms with Gasteiger partial charge in [-0.05, 0) is 41.2 Å². The molecule has 4 heteroatoms. The molecule has 0 radical (unpaired) electrons. The molecule has 1 N–H and O–H groups in total. The van der Waals surface area contributed by atoms with Gasteiger partial charge in [-0.25, -0.2) is 4.98 Å². The number of hydrogen-bond acceptors (Lipinski definition) is 4. The van der Waals surface area contributed by atoms with Crippen LogP contribution in [0.25, 0.3) is 0 Å². The Bertz CT molecular complexity index is 927. The number of fused-ring (bicyclic) bond motifs is 1. The zero-order valence-electron chi connectivity index (χ0n) is 15.5. The van der Waals surface area contributed by atoms with Crippen LogP contribution < -0.4 is 10.2 Å². The molecule has 132 valence electrons. The van der Waals surface area contributed by atoms with Crippen molar-refractivity contribution in [2.24, 2.45) is 0 Å². The van der Waals surface area contributed by atoms with E-state index in [2.05, 4.69) is 78.4 Å². The number of benzene rings is 2. The predicted molar refractivity (Wildman–Crippen MR) is 108 cm³/mol. The summed E-state index contributed by atoms with van der Waals surface area (Å²) in [7, 11) is 0. The molecule has 1 aliphatic heterocycles. The molecule has 0 bridgehead atoms. The van der Waals surface area contributed by atoms with E-state index in [1.165, 1.54) is 16.8 Å². The maximum absolute atomic E-state index is 4.78. The zero-order valence-corrected chi connectivity index (χ0v) is 15.5. The van der Waals surface area contributed by atoms with Crippen LogP contribution in [-0.4, -0.2) is 16.5 Å². The van der Waals surface area contributed by atoms with Crippen molar-refractivity contribution in [1.82, 2.24) is 9.97 Å². The summed E-state index contributed by atoms with van der Waals surface area (Å²) in [4.78, 5) is 11.5. The van der Waals surface area contributed by atoms with Gasteiger partial charge in [0.2, 0.25) is 5.95 Å². The number of nitrogens with zero attached hydrogens (tertiary/aromatic N) is 3. The van der Waals surface area contributed by atoms with Gasteiger partial charge < -0.3 is 10.2 Å². The topological polar surface area (TPSA) is 41.1 Å². The molecule has 0 saturated heterocycles. The molecule has 1 aromatic heterocycles. The normalized spacial score (nSPS) is 13.6. The van der Waals surface area contributed by atoms with Gasteiger partial charge in [-0.1, -0.05) is 57.2 Å². The Kier molecular flexibility index (Phi) is 4.11. The van der Waals surface area contributed by atoms with Gasteiger partial charge in [-0.3, -0.25) is 0 Å². The molecular weight excluding hydrogens is 320 g/mol. The number of hydrogen-bond donors (Lipinski definition) is 1. The van der Waals surface area contributed by atoms with E-state index in [9.17, 15) is 0 Å². The second-order valence-electron chi connectivity index (χ2n) is 7.69. The highest BCUT2D eigenvalue weighted by atomic mass is 15.2. The highest BCUT2D eigenvalue weighted by Gasteiger charge is 2.22. The van der Waals surface area contributed by atoms with Crippen LogP contribution >= 0.6 is 0 Å². The van der Waals surface area contributed by atoms with Crippen molar-refractivity contribution in [3.05, 3.63) is 71.9 Å². The minimum Gasteiger partial charge on any atom is -0.326 e. The van der Waals surface area contributed by atoms with Crippen molar-refractivity contribution in [3.8, 4) is 0 Å². The summed E-state index contributed by atoms with van der Waals surface area (Å²) in [6.45, 7) is 7.60. The molecule has 4 rings (SSSR count). The van der Waals surface area contributed by atoms with Crippen LogP contribution in [0.4, 0.5) is 23.1 Å². The first-order valence-corrected chi connectivity index (χ1v) is 9.07. The monoisotopic (exact) mass is 344 g/mol. The van der Waals surface area contributed by atoms with Crippen LogP contribution in [-0.2, 0) is 11.8 Å². The quantitative estimate of drug-likeness (QED) is 0.708. The Balaban J connectivity index is 1.64. The fourth-order valence-electron chi connectivity index (χ4n) is 3.50. The van der Waals surface area contributed by atoms with E-state index in [0.29, 0.717) is 5.95 Å². The van der Waals surface area contributed by atoms with Crippen LogP contribution in [0.1, 0.15) is 31.9 Å². The Labute approximate surface area is 154 Å². The third kappa shape index (κ3) is 3.15. The molecular formula is C22H24N4. The van der Waals surface area contributed by atoms with E-state index in [4.69, 9.17) is 4.98 Å². The van der Waals surface area contributed by atoms with Crippen LogP contribution in [0, 0.1) is 0 Å². The minimum absolute atomic E-state index is 0.0507. The van der Waals surface area contributed by atoms with Gasteiger partial charge in [0.1, 0.15) is 5.82 Å². The van der Waals surface area contributed by atoms with Gasteiger partial charge in [-0.15, -0.1) is 0 Å². The standard InChI is InChI=1S/C22H24N4/c1-22(2,3)17-9-5-6-10-18(17)24-21-23-14-12-20(25-21)26-15-13-16-8-4-7-11-19(16)26/h4-12,14H,13,15H2,1-3H3,(H,23,24,25). The lowest BCUT2D eigenvalue weighted by Crippen LogP contribution is -2.16. The maximum atomic E-state index is 4.78. The summed E-state index contributed by atoms with van der Waals surface area (Å²) in [5.74, 6) is 1.56. The van der Waals surface area contributed by atoms with Gasteiger partial charge >= 0.3 is 0 Å². The molecule has 1 aliphatic rings. The molecule has 0 unspecified atom stereocenters. The van der Waals surface area contributed by atoms with Crippen LogP contribution in [0.15, 0.2) is 60.8 Å². The number of aromatic nitrogens is 2. The summed E-state index contributed by atoms with van der Waals surface area (Å²) in [5.41, 5.74) is 4.97. The van der Waals surface area contributed by atoms with Crippen LogP contribution in [0.3, 0.4) is 0 Å². The van der Waals surface area contributed by atoms with Crippen molar-refractivity contribution < 1.29 is 0 Å². The Morgan fingerprint density at radius 3 is 2.58 bits per heavy atom. The Hall–Kier alpha value is -2.88. The first kappa shape index (κ1) is 16.6. The van der Waals surface area contributed by atoms with Crippen molar-refractivity contribution in [2.45, 2.75) is 32.6 Å². The van der Waals surface area contributed by atoms with Crippen molar-refractivity contribution >= 4 is 23.1 Å². The number of anilines is 4. The lowest BCUT2D eigenvalue weighted by molar-refractivity contribution is 0.592. The van der Waals surface area contributed by atoms with Crippen LogP contribution in [0.5, 0.6) is 0 Å². The van der Waals surface area contributed by atoms with E-state index in [0.717, 1.165) is 24.5 Å². The Morgan fingerprint density at radius 2 is 1.73 bits per heavy atom. The largest absolute Gasteiger partial charge is 0.326 e. The van der Waals surface area contributed by atoms with Crippen molar-refractivity contribution in [2.75, 3.05) is 16.8 Å². The van der Waals surface area contributed by atoms with Gasteiger partial charge in [0.05, 0.1) is 0 Å². The molecule has 2 heterocycles. The summed E-state index contributed by atoms with van der Waals surface area (Å²) < 4.78 is 0. The molecule has 0 spiro atoms. The number of rotatable bonds is 3. The fraction of sp³-hybridized carbons (Fsp3) is 0.273. The third-order valence-corrected chi connectivity index (χ3v) is 4.79. The first-order valence-electron chi connectivity index (χ1n) is 9.07. The molecule has 0 saturated carbocycles. The van der Waals surface area contributed by atoms with Crippen molar-refractivity contribution in [3.63, 3.8) is 0 Å². The molecule has 4 nitrogen and oxygen atoms in total. The van der Waals surface area contributed by atoms with Gasteiger partial charge in [0, 0.05) is 24.1 Å². The molecule has 0 aliphatic carbocycles. The fourth-order valence-corrected chi connectivity index (χ4v) is 3.50. The maximum Gasteiger partial charge on any atom is 0.229 e. The lowest BCUT2D eigenvalue weighted by atomic mass is 9.86. The smallest absolute Gasteiger partial charge is 0.229 e. The minimum atomic E-state index is 0.0507. The predicted octanol–water partition coefficient (Wildman–Crippen LogP) is 5.21. The highest BCUT2D eigenvalue weighted by molar-refractivity contribution is 5.68. The second-order valence-corrected chi connectivity index (χ2v) is 7.69. The van der Waals surface area contributed by atoms with E-state index in [1.807, 2.05) is 18.3 Å². The van der Waals surface area contributed by atoms with E-state index in [1.54, 1.807) is 0 Å². The van der Waals surface area contributed by atoms with Crippen molar-refractivity contribution in [1.29, 1.82) is 0 Å². The van der Waals surface area contributed by atoms with E-state index in [-0.39, 0.29) is 5.41 Å².